The van der Waals surface area contributed by atoms with E-state index in [1.807, 2.05) is 0 Å². The minimum Gasteiger partial charge on any atom is -0.299 e. The van der Waals surface area contributed by atoms with Gasteiger partial charge in [-0.1, -0.05) is 26.3 Å². The SMILES string of the molecule is CC1(C)CCCC1C(=O)CCc1cccs1. The van der Waals surface area contributed by atoms with Crippen molar-refractivity contribution in [3.63, 3.8) is 0 Å². The van der Waals surface area contributed by atoms with Crippen molar-refractivity contribution in [1.82, 2.24) is 0 Å². The fraction of sp³-hybridized carbons (Fsp3) is 0.643. The topological polar surface area (TPSA) is 17.1 Å². The van der Waals surface area contributed by atoms with E-state index in [1.165, 1.54) is 17.7 Å². The quantitative estimate of drug-likeness (QED) is 0.770. The molecule has 1 nitrogen and oxygen atoms in total. The lowest BCUT2D eigenvalue weighted by molar-refractivity contribution is -0.125. The van der Waals surface area contributed by atoms with E-state index in [-0.39, 0.29) is 5.41 Å². The fourth-order valence-corrected chi connectivity index (χ4v) is 3.51. The first kappa shape index (κ1) is 11.8. The molecule has 1 unspecified atom stereocenters. The molecule has 0 amide bonds. The molecule has 0 aromatic carbocycles. The third-order valence-electron chi connectivity index (χ3n) is 3.84. The number of Topliss-reactive ketones (excluding diaryl/α,β-unsaturated/α-hetero) is 1. The van der Waals surface area contributed by atoms with Gasteiger partial charge >= 0.3 is 0 Å². The maximum atomic E-state index is 12.2. The van der Waals surface area contributed by atoms with Crippen molar-refractivity contribution >= 4 is 17.1 Å². The lowest BCUT2D eigenvalue weighted by Gasteiger charge is -2.25. The molecule has 1 fully saturated rings. The maximum absolute atomic E-state index is 12.2. The lowest BCUT2D eigenvalue weighted by Crippen LogP contribution is -2.25. The van der Waals surface area contributed by atoms with Gasteiger partial charge in [0.15, 0.2) is 0 Å². The van der Waals surface area contributed by atoms with Gasteiger partial charge in [-0.05, 0) is 36.1 Å². The average Bonchev–Trinajstić information content (AvgIpc) is 2.83. The average molecular weight is 236 g/mol. The van der Waals surface area contributed by atoms with E-state index in [1.54, 1.807) is 11.3 Å². The highest BCUT2D eigenvalue weighted by Gasteiger charge is 2.38. The Balaban J connectivity index is 1.89. The molecule has 1 aliphatic rings. The van der Waals surface area contributed by atoms with E-state index >= 15 is 0 Å². The van der Waals surface area contributed by atoms with Crippen LogP contribution in [0.15, 0.2) is 17.5 Å². The molecule has 0 saturated heterocycles. The molecular formula is C14H20OS. The van der Waals surface area contributed by atoms with Crippen LogP contribution in [0.25, 0.3) is 0 Å². The van der Waals surface area contributed by atoms with Crippen LogP contribution >= 0.6 is 11.3 Å². The van der Waals surface area contributed by atoms with E-state index in [2.05, 4.69) is 31.4 Å². The lowest BCUT2D eigenvalue weighted by atomic mass is 9.78. The molecule has 16 heavy (non-hydrogen) atoms. The van der Waals surface area contributed by atoms with Gasteiger partial charge in [0.1, 0.15) is 5.78 Å². The Labute approximate surface area is 102 Å². The molecule has 2 rings (SSSR count). The largest absolute Gasteiger partial charge is 0.299 e. The summed E-state index contributed by atoms with van der Waals surface area (Å²) in [6.07, 6.45) is 5.21. The molecule has 1 aromatic rings. The third-order valence-corrected chi connectivity index (χ3v) is 4.78. The molecule has 1 atom stereocenters. The predicted molar refractivity (Wildman–Crippen MR) is 68.8 cm³/mol. The zero-order valence-corrected chi connectivity index (χ0v) is 11.0. The standard InChI is InChI=1S/C14H20OS/c1-14(2)9-3-6-12(14)13(15)8-7-11-5-4-10-16-11/h4-5,10,12H,3,6-9H2,1-2H3. The summed E-state index contributed by atoms with van der Waals surface area (Å²) in [4.78, 5) is 13.5. The molecule has 2 heteroatoms. The van der Waals surface area contributed by atoms with Gasteiger partial charge in [0.25, 0.3) is 0 Å². The first-order valence-electron chi connectivity index (χ1n) is 6.15. The maximum Gasteiger partial charge on any atom is 0.136 e. The summed E-state index contributed by atoms with van der Waals surface area (Å²) in [5.74, 6) is 0.795. The van der Waals surface area contributed by atoms with Crippen LogP contribution in [0.4, 0.5) is 0 Å². The van der Waals surface area contributed by atoms with E-state index in [0.717, 1.165) is 19.3 Å². The van der Waals surface area contributed by atoms with Gasteiger partial charge in [0.05, 0.1) is 0 Å². The van der Waals surface area contributed by atoms with Gasteiger partial charge in [-0.15, -0.1) is 11.3 Å². The number of aryl methyl sites for hydroxylation is 1. The van der Waals surface area contributed by atoms with Crippen molar-refractivity contribution < 1.29 is 4.79 Å². The van der Waals surface area contributed by atoms with Gasteiger partial charge in [-0.25, -0.2) is 0 Å². The first-order chi connectivity index (χ1) is 7.59. The predicted octanol–water partition coefficient (Wildman–Crippen LogP) is 4.08. The van der Waals surface area contributed by atoms with Crippen molar-refractivity contribution in [2.24, 2.45) is 11.3 Å². The fourth-order valence-electron chi connectivity index (χ4n) is 2.80. The van der Waals surface area contributed by atoms with Crippen molar-refractivity contribution in [3.8, 4) is 0 Å². The summed E-state index contributed by atoms with van der Waals surface area (Å²) < 4.78 is 0. The number of thiophene rings is 1. The number of rotatable bonds is 4. The zero-order valence-electron chi connectivity index (χ0n) is 10.2. The van der Waals surface area contributed by atoms with Gasteiger partial charge in [-0.3, -0.25) is 4.79 Å². The Morgan fingerprint density at radius 3 is 2.94 bits per heavy atom. The van der Waals surface area contributed by atoms with Crippen molar-refractivity contribution in [2.45, 2.75) is 46.0 Å². The smallest absolute Gasteiger partial charge is 0.136 e. The molecule has 0 spiro atoms. The Morgan fingerprint density at radius 1 is 1.56 bits per heavy atom. The molecule has 1 aliphatic carbocycles. The van der Waals surface area contributed by atoms with Crippen LogP contribution < -0.4 is 0 Å². The Bertz CT molecular complexity index is 351. The highest BCUT2D eigenvalue weighted by atomic mass is 32.1. The molecule has 0 radical (unpaired) electrons. The minimum absolute atomic E-state index is 0.243. The number of hydrogen-bond donors (Lipinski definition) is 0. The highest BCUT2D eigenvalue weighted by Crippen LogP contribution is 2.43. The highest BCUT2D eigenvalue weighted by molar-refractivity contribution is 7.09. The molecule has 1 saturated carbocycles. The van der Waals surface area contributed by atoms with E-state index in [0.29, 0.717) is 11.7 Å². The summed E-state index contributed by atoms with van der Waals surface area (Å²) in [6, 6.07) is 4.18. The van der Waals surface area contributed by atoms with E-state index in [4.69, 9.17) is 0 Å². The Morgan fingerprint density at radius 2 is 2.38 bits per heavy atom. The second-order valence-electron chi connectivity index (χ2n) is 5.48. The Hall–Kier alpha value is -0.630. The number of hydrogen-bond acceptors (Lipinski definition) is 2. The van der Waals surface area contributed by atoms with Crippen molar-refractivity contribution in [3.05, 3.63) is 22.4 Å². The molecule has 0 N–H and O–H groups in total. The molecule has 1 aromatic heterocycles. The normalized spacial score (nSPS) is 23.5. The van der Waals surface area contributed by atoms with Gasteiger partial charge in [0, 0.05) is 17.2 Å². The van der Waals surface area contributed by atoms with Crippen molar-refractivity contribution in [2.75, 3.05) is 0 Å². The van der Waals surface area contributed by atoms with Crippen LogP contribution in [0, 0.1) is 11.3 Å². The molecule has 0 bridgehead atoms. The first-order valence-corrected chi connectivity index (χ1v) is 7.03. The summed E-state index contributed by atoms with van der Waals surface area (Å²) in [5, 5.41) is 2.08. The van der Waals surface area contributed by atoms with E-state index < -0.39 is 0 Å². The third kappa shape index (κ3) is 2.54. The second kappa shape index (κ2) is 4.70. The summed E-state index contributed by atoms with van der Waals surface area (Å²) in [5.41, 5.74) is 0.243. The van der Waals surface area contributed by atoms with Crippen LogP contribution in [0.2, 0.25) is 0 Å². The monoisotopic (exact) mass is 236 g/mol. The molecule has 1 heterocycles. The van der Waals surface area contributed by atoms with Crippen LogP contribution in [0.1, 0.15) is 44.4 Å². The molecule has 88 valence electrons. The number of carbonyl (C=O) groups is 1. The van der Waals surface area contributed by atoms with Crippen LogP contribution in [-0.2, 0) is 11.2 Å². The van der Waals surface area contributed by atoms with Crippen LogP contribution in [0.5, 0.6) is 0 Å². The van der Waals surface area contributed by atoms with E-state index in [9.17, 15) is 4.79 Å². The van der Waals surface area contributed by atoms with Gasteiger partial charge in [-0.2, -0.15) is 0 Å². The summed E-state index contributed by atoms with van der Waals surface area (Å²) in [6.45, 7) is 4.49. The molecule has 0 aliphatic heterocycles. The number of ketones is 1. The zero-order chi connectivity index (χ0) is 11.6. The Kier molecular flexibility index (Phi) is 3.48. The van der Waals surface area contributed by atoms with Gasteiger partial charge < -0.3 is 0 Å². The molecular weight excluding hydrogens is 216 g/mol. The van der Waals surface area contributed by atoms with Crippen LogP contribution in [0.3, 0.4) is 0 Å². The minimum atomic E-state index is 0.243. The van der Waals surface area contributed by atoms with Crippen molar-refractivity contribution in [1.29, 1.82) is 0 Å². The summed E-state index contributed by atoms with van der Waals surface area (Å²) >= 11 is 1.76. The second-order valence-corrected chi connectivity index (χ2v) is 6.51. The summed E-state index contributed by atoms with van der Waals surface area (Å²) in [7, 11) is 0. The van der Waals surface area contributed by atoms with Gasteiger partial charge in [0.2, 0.25) is 0 Å². The number of carbonyl (C=O) groups excluding carboxylic acids is 1. The van der Waals surface area contributed by atoms with Crippen LogP contribution in [-0.4, -0.2) is 5.78 Å².